The number of benzene rings is 2. The second kappa shape index (κ2) is 9.90. The fraction of sp³-hybridized carbons (Fsp3) is 0.227. The molecule has 0 spiro atoms. The number of rotatable bonds is 8. The summed E-state index contributed by atoms with van der Waals surface area (Å²) in [5, 5.41) is 1.99. The van der Waals surface area contributed by atoms with E-state index in [9.17, 15) is 4.79 Å². The molecule has 1 unspecified atom stereocenters. The second-order valence-electron chi connectivity index (χ2n) is 6.30. The fourth-order valence-corrected chi connectivity index (χ4v) is 3.56. The first-order valence-corrected chi connectivity index (χ1v) is 9.78. The van der Waals surface area contributed by atoms with E-state index in [1.807, 2.05) is 53.9 Å². The molecule has 0 bridgehead atoms. The zero-order chi connectivity index (χ0) is 18.9. The van der Waals surface area contributed by atoms with Gasteiger partial charge in [0.15, 0.2) is 0 Å². The lowest BCUT2D eigenvalue weighted by Gasteiger charge is -2.21. The van der Waals surface area contributed by atoms with E-state index >= 15 is 0 Å². The Bertz CT molecular complexity index is 806. The van der Waals surface area contributed by atoms with Gasteiger partial charge >= 0.3 is 6.16 Å². The lowest BCUT2D eigenvalue weighted by molar-refractivity contribution is 0.0511. The van der Waals surface area contributed by atoms with Crippen molar-refractivity contribution < 1.29 is 14.3 Å². The third kappa shape index (κ3) is 6.24. The van der Waals surface area contributed by atoms with Crippen LogP contribution >= 0.6 is 11.3 Å². The number of para-hydroxylation sites is 1. The number of ether oxygens (including phenoxy) is 2. The smallest absolute Gasteiger partial charge is 0.425 e. The van der Waals surface area contributed by atoms with E-state index in [2.05, 4.69) is 24.1 Å². The Balaban J connectivity index is 1.56. The zero-order valence-electron chi connectivity index (χ0n) is 15.3. The summed E-state index contributed by atoms with van der Waals surface area (Å²) >= 11 is 1.58. The van der Waals surface area contributed by atoms with Gasteiger partial charge in [0.25, 0.3) is 0 Å². The van der Waals surface area contributed by atoms with Gasteiger partial charge in [-0.3, -0.25) is 0 Å². The third-order valence-corrected chi connectivity index (χ3v) is 5.08. The minimum atomic E-state index is -0.676. The van der Waals surface area contributed by atoms with Crippen molar-refractivity contribution in [3.05, 3.63) is 88.6 Å². The maximum atomic E-state index is 12.2. The molecular weight excluding hydrogens is 358 g/mol. The Morgan fingerprint density at radius 2 is 1.70 bits per heavy atom. The molecule has 2 aromatic carbocycles. The number of hydrogen-bond donors (Lipinski definition) is 0. The van der Waals surface area contributed by atoms with Crippen LogP contribution in [0.4, 0.5) is 4.79 Å². The highest BCUT2D eigenvalue weighted by molar-refractivity contribution is 7.10. The summed E-state index contributed by atoms with van der Waals surface area (Å²) in [6.07, 6.45) is -0.293. The van der Waals surface area contributed by atoms with Gasteiger partial charge in [0.2, 0.25) is 0 Å². The van der Waals surface area contributed by atoms with Crippen LogP contribution in [0.2, 0.25) is 0 Å². The van der Waals surface area contributed by atoms with Crippen LogP contribution in [-0.4, -0.2) is 24.6 Å². The molecule has 0 aliphatic carbocycles. The summed E-state index contributed by atoms with van der Waals surface area (Å²) in [6, 6.07) is 23.2. The van der Waals surface area contributed by atoms with Crippen molar-refractivity contribution in [2.45, 2.75) is 19.1 Å². The summed E-state index contributed by atoms with van der Waals surface area (Å²) < 4.78 is 10.9. The molecule has 3 aromatic rings. The van der Waals surface area contributed by atoms with Crippen molar-refractivity contribution >= 4 is 17.5 Å². The Kier molecular flexibility index (Phi) is 7.02. The summed E-state index contributed by atoms with van der Waals surface area (Å²) in [5.74, 6) is 0.480. The van der Waals surface area contributed by atoms with Crippen LogP contribution in [0.1, 0.15) is 23.0 Å². The molecule has 5 heteroatoms. The van der Waals surface area contributed by atoms with Crippen LogP contribution in [-0.2, 0) is 11.3 Å². The summed E-state index contributed by atoms with van der Waals surface area (Å²) in [6.45, 7) is 1.66. The molecular formula is C22H23NO3S. The quantitative estimate of drug-likeness (QED) is 0.380. The highest BCUT2D eigenvalue weighted by Crippen LogP contribution is 2.27. The summed E-state index contributed by atoms with van der Waals surface area (Å²) in [4.78, 5) is 15.4. The molecule has 140 valence electrons. The Morgan fingerprint density at radius 3 is 2.37 bits per heavy atom. The van der Waals surface area contributed by atoms with Crippen molar-refractivity contribution in [1.29, 1.82) is 0 Å². The van der Waals surface area contributed by atoms with E-state index in [0.29, 0.717) is 12.2 Å². The fourth-order valence-electron chi connectivity index (χ4n) is 2.77. The van der Waals surface area contributed by atoms with Crippen LogP contribution in [0.25, 0.3) is 0 Å². The topological polar surface area (TPSA) is 38.8 Å². The molecule has 27 heavy (non-hydrogen) atoms. The molecule has 0 amide bonds. The van der Waals surface area contributed by atoms with Gasteiger partial charge < -0.3 is 14.4 Å². The molecule has 0 aliphatic heterocycles. The van der Waals surface area contributed by atoms with Gasteiger partial charge in [-0.2, -0.15) is 0 Å². The van der Waals surface area contributed by atoms with Crippen molar-refractivity contribution in [3.63, 3.8) is 0 Å². The maximum absolute atomic E-state index is 12.2. The second-order valence-corrected chi connectivity index (χ2v) is 7.28. The normalized spacial score (nSPS) is 11.9. The molecule has 3 rings (SSSR count). The van der Waals surface area contributed by atoms with E-state index in [1.54, 1.807) is 23.5 Å². The van der Waals surface area contributed by atoms with Gasteiger partial charge in [0.1, 0.15) is 11.9 Å². The average molecular weight is 381 g/mol. The van der Waals surface area contributed by atoms with Gasteiger partial charge in [-0.15, -0.1) is 11.3 Å². The molecule has 0 saturated heterocycles. The van der Waals surface area contributed by atoms with Crippen LogP contribution in [0.3, 0.4) is 0 Å². The van der Waals surface area contributed by atoms with Crippen molar-refractivity contribution in [1.82, 2.24) is 4.90 Å². The lowest BCUT2D eigenvalue weighted by Crippen LogP contribution is -2.23. The highest BCUT2D eigenvalue weighted by Gasteiger charge is 2.20. The molecule has 0 saturated carbocycles. The Morgan fingerprint density at radius 1 is 1.00 bits per heavy atom. The zero-order valence-corrected chi connectivity index (χ0v) is 16.1. The van der Waals surface area contributed by atoms with E-state index in [4.69, 9.17) is 9.47 Å². The molecule has 1 atom stereocenters. The van der Waals surface area contributed by atoms with E-state index in [1.165, 1.54) is 5.56 Å². The van der Waals surface area contributed by atoms with Gasteiger partial charge in [0.05, 0.1) is 0 Å². The molecule has 0 N–H and O–H groups in total. The predicted molar refractivity (Wildman–Crippen MR) is 108 cm³/mol. The lowest BCUT2D eigenvalue weighted by atomic mass is 10.2. The number of nitrogens with zero attached hydrogens (tertiary/aromatic N) is 1. The highest BCUT2D eigenvalue weighted by atomic mass is 32.1. The molecule has 0 fully saturated rings. The number of carbonyl (C=O) groups is 1. The van der Waals surface area contributed by atoms with E-state index in [-0.39, 0.29) is 6.10 Å². The molecule has 4 nitrogen and oxygen atoms in total. The number of thiophene rings is 1. The summed E-state index contributed by atoms with van der Waals surface area (Å²) in [7, 11) is 2.07. The SMILES string of the molecule is CN(CCC(OC(=O)Oc1ccccc1)c1cccs1)Cc1ccccc1. The standard InChI is InChI=1S/C22H23NO3S/c1-23(17-18-9-4-2-5-10-18)15-14-20(21-13-8-16-27-21)26-22(24)25-19-11-6-3-7-12-19/h2-13,16,20H,14-15,17H2,1H3. The van der Waals surface area contributed by atoms with Crippen LogP contribution in [0.15, 0.2) is 78.2 Å². The molecule has 1 heterocycles. The third-order valence-electron chi connectivity index (χ3n) is 4.11. The first-order valence-electron chi connectivity index (χ1n) is 8.90. The van der Waals surface area contributed by atoms with E-state index < -0.39 is 6.16 Å². The molecule has 0 aliphatic rings. The largest absolute Gasteiger partial charge is 0.514 e. The van der Waals surface area contributed by atoms with Gasteiger partial charge in [-0.25, -0.2) is 4.79 Å². The number of carbonyl (C=O) groups excluding carboxylic acids is 1. The van der Waals surface area contributed by atoms with Gasteiger partial charge in [-0.1, -0.05) is 54.6 Å². The van der Waals surface area contributed by atoms with Crippen molar-refractivity contribution in [2.75, 3.05) is 13.6 Å². The van der Waals surface area contributed by atoms with Crippen molar-refractivity contribution in [3.8, 4) is 5.75 Å². The summed E-state index contributed by atoms with van der Waals surface area (Å²) in [5.41, 5.74) is 1.26. The average Bonchev–Trinajstić information content (AvgIpc) is 3.21. The van der Waals surface area contributed by atoms with Crippen LogP contribution in [0, 0.1) is 0 Å². The van der Waals surface area contributed by atoms with Gasteiger partial charge in [0, 0.05) is 24.4 Å². The van der Waals surface area contributed by atoms with Crippen molar-refractivity contribution in [2.24, 2.45) is 0 Å². The molecule has 1 aromatic heterocycles. The Labute approximate surface area is 164 Å². The maximum Gasteiger partial charge on any atom is 0.514 e. The van der Waals surface area contributed by atoms with E-state index in [0.717, 1.165) is 18.0 Å². The monoisotopic (exact) mass is 381 g/mol. The minimum absolute atomic E-state index is 0.320. The van der Waals surface area contributed by atoms with Crippen LogP contribution < -0.4 is 4.74 Å². The van der Waals surface area contributed by atoms with Crippen LogP contribution in [0.5, 0.6) is 5.75 Å². The first kappa shape index (κ1) is 19.1. The minimum Gasteiger partial charge on any atom is -0.425 e. The first-order chi connectivity index (χ1) is 13.2. The van der Waals surface area contributed by atoms with Gasteiger partial charge in [-0.05, 0) is 36.2 Å². The molecule has 0 radical (unpaired) electrons. The number of hydrogen-bond acceptors (Lipinski definition) is 5. The predicted octanol–water partition coefficient (Wildman–Crippen LogP) is 5.53. The Hall–Kier alpha value is -2.63.